The van der Waals surface area contributed by atoms with Crippen LogP contribution in [0.4, 0.5) is 0 Å². The lowest BCUT2D eigenvalue weighted by molar-refractivity contribution is 0.0468. The van der Waals surface area contributed by atoms with Gasteiger partial charge in [0, 0.05) is 6.20 Å². The van der Waals surface area contributed by atoms with Crippen molar-refractivity contribution < 1.29 is 9.53 Å². The Bertz CT molecular complexity index is 1310. The number of nitrogens with zero attached hydrogens (tertiary/aromatic N) is 2. The molecule has 4 aromatic rings. The molecular formula is C26H22N2O4. The lowest BCUT2D eigenvalue weighted by Crippen LogP contribution is -2.43. The van der Waals surface area contributed by atoms with Crippen LogP contribution in [-0.2, 0) is 24.4 Å². The lowest BCUT2D eigenvalue weighted by atomic mass is 10.2. The third-order valence-corrected chi connectivity index (χ3v) is 5.05. The molecule has 0 saturated heterocycles. The highest BCUT2D eigenvalue weighted by Crippen LogP contribution is 2.06. The minimum Gasteiger partial charge on any atom is -0.457 e. The van der Waals surface area contributed by atoms with Gasteiger partial charge in [-0.25, -0.2) is 9.59 Å². The molecule has 0 fully saturated rings. The molecule has 0 atom stereocenters. The van der Waals surface area contributed by atoms with E-state index < -0.39 is 17.2 Å². The van der Waals surface area contributed by atoms with Gasteiger partial charge in [0.05, 0.1) is 13.1 Å². The number of benzene rings is 3. The van der Waals surface area contributed by atoms with Crippen LogP contribution in [0.1, 0.15) is 27.0 Å². The highest BCUT2D eigenvalue weighted by Gasteiger charge is 2.19. The maximum absolute atomic E-state index is 13.1. The molecule has 3 aromatic carbocycles. The molecule has 0 spiro atoms. The average Bonchev–Trinajstić information content (AvgIpc) is 2.84. The van der Waals surface area contributed by atoms with Crippen LogP contribution in [-0.4, -0.2) is 15.1 Å². The number of hydrogen-bond acceptors (Lipinski definition) is 4. The van der Waals surface area contributed by atoms with E-state index in [1.165, 1.54) is 10.8 Å². The van der Waals surface area contributed by atoms with Crippen LogP contribution in [0.25, 0.3) is 0 Å². The first kappa shape index (κ1) is 21.1. The molecule has 0 aliphatic heterocycles. The molecule has 1 aromatic heterocycles. The summed E-state index contributed by atoms with van der Waals surface area (Å²) in [5.74, 6) is -0.762. The summed E-state index contributed by atoms with van der Waals surface area (Å²) in [6, 6.07) is 27.8. The van der Waals surface area contributed by atoms with Crippen LogP contribution in [0, 0.1) is 0 Å². The summed E-state index contributed by atoms with van der Waals surface area (Å²) in [4.78, 5) is 39.0. The van der Waals surface area contributed by atoms with Gasteiger partial charge in [-0.1, -0.05) is 91.0 Å². The Labute approximate surface area is 185 Å². The fraction of sp³-hybridized carbons (Fsp3) is 0.115. The van der Waals surface area contributed by atoms with E-state index in [9.17, 15) is 14.4 Å². The topological polar surface area (TPSA) is 70.3 Å². The molecule has 0 unspecified atom stereocenters. The number of aromatic nitrogens is 2. The van der Waals surface area contributed by atoms with Crippen molar-refractivity contribution in [1.29, 1.82) is 0 Å². The van der Waals surface area contributed by atoms with E-state index in [4.69, 9.17) is 4.74 Å². The predicted molar refractivity (Wildman–Crippen MR) is 122 cm³/mol. The normalized spacial score (nSPS) is 10.6. The van der Waals surface area contributed by atoms with Crippen LogP contribution in [0.2, 0.25) is 0 Å². The molecule has 0 radical (unpaired) electrons. The highest BCUT2D eigenvalue weighted by molar-refractivity contribution is 5.88. The van der Waals surface area contributed by atoms with Gasteiger partial charge in [-0.2, -0.15) is 0 Å². The largest absolute Gasteiger partial charge is 0.457 e. The number of esters is 1. The van der Waals surface area contributed by atoms with Gasteiger partial charge < -0.3 is 4.74 Å². The van der Waals surface area contributed by atoms with Crippen molar-refractivity contribution in [2.75, 3.05) is 0 Å². The van der Waals surface area contributed by atoms with E-state index in [-0.39, 0.29) is 25.3 Å². The fourth-order valence-electron chi connectivity index (χ4n) is 3.39. The minimum atomic E-state index is -0.762. The SMILES string of the molecule is O=C(OCc1ccccc1)c1cn(Cc2ccccc2)c(=O)n(Cc2ccccc2)c1=O. The van der Waals surface area contributed by atoms with E-state index in [0.29, 0.717) is 0 Å². The van der Waals surface area contributed by atoms with E-state index >= 15 is 0 Å². The van der Waals surface area contributed by atoms with Gasteiger partial charge in [-0.3, -0.25) is 13.9 Å². The van der Waals surface area contributed by atoms with Crippen LogP contribution < -0.4 is 11.2 Å². The first-order valence-electron chi connectivity index (χ1n) is 10.2. The molecule has 0 amide bonds. The van der Waals surface area contributed by atoms with E-state index in [1.807, 2.05) is 91.0 Å². The molecule has 0 bridgehead atoms. The number of carbonyl (C=O) groups excluding carboxylic acids is 1. The number of rotatable bonds is 7. The Kier molecular flexibility index (Phi) is 6.41. The van der Waals surface area contributed by atoms with Crippen molar-refractivity contribution in [1.82, 2.24) is 9.13 Å². The quantitative estimate of drug-likeness (QED) is 0.425. The summed E-state index contributed by atoms with van der Waals surface area (Å²) in [7, 11) is 0. The zero-order valence-corrected chi connectivity index (χ0v) is 17.4. The van der Waals surface area contributed by atoms with E-state index in [0.717, 1.165) is 21.3 Å². The summed E-state index contributed by atoms with van der Waals surface area (Å²) in [5.41, 5.74) is 1.15. The van der Waals surface area contributed by atoms with Gasteiger partial charge >= 0.3 is 11.7 Å². The zero-order chi connectivity index (χ0) is 22.3. The Morgan fingerprint density at radius 3 is 1.75 bits per heavy atom. The van der Waals surface area contributed by atoms with E-state index in [2.05, 4.69) is 0 Å². The van der Waals surface area contributed by atoms with Gasteiger partial charge in [0.15, 0.2) is 0 Å². The van der Waals surface area contributed by atoms with Crippen LogP contribution >= 0.6 is 0 Å². The lowest BCUT2D eigenvalue weighted by Gasteiger charge is -2.13. The molecule has 6 heteroatoms. The van der Waals surface area contributed by atoms with Crippen molar-refractivity contribution in [3.05, 3.63) is 140 Å². The van der Waals surface area contributed by atoms with Crippen molar-refractivity contribution in [2.24, 2.45) is 0 Å². The first-order valence-corrected chi connectivity index (χ1v) is 10.2. The van der Waals surface area contributed by atoms with E-state index in [1.54, 1.807) is 0 Å². The second-order valence-corrected chi connectivity index (χ2v) is 7.38. The van der Waals surface area contributed by atoms with Gasteiger partial charge in [-0.05, 0) is 16.7 Å². The van der Waals surface area contributed by atoms with Crippen LogP contribution in [0.5, 0.6) is 0 Å². The van der Waals surface area contributed by atoms with Crippen LogP contribution in [0.15, 0.2) is 107 Å². The maximum atomic E-state index is 13.1. The monoisotopic (exact) mass is 426 g/mol. The molecule has 32 heavy (non-hydrogen) atoms. The third-order valence-electron chi connectivity index (χ3n) is 5.05. The third kappa shape index (κ3) is 4.92. The number of carbonyl (C=O) groups is 1. The molecule has 1 heterocycles. The Hall–Kier alpha value is -4.19. The predicted octanol–water partition coefficient (Wildman–Crippen LogP) is 3.46. The van der Waals surface area contributed by atoms with Gasteiger partial charge in [0.1, 0.15) is 12.2 Å². The van der Waals surface area contributed by atoms with Gasteiger partial charge in [0.2, 0.25) is 0 Å². The molecule has 0 saturated carbocycles. The summed E-state index contributed by atoms with van der Waals surface area (Å²) >= 11 is 0. The van der Waals surface area contributed by atoms with Gasteiger partial charge in [0.25, 0.3) is 5.56 Å². The summed E-state index contributed by atoms with van der Waals surface area (Å²) < 4.78 is 7.83. The van der Waals surface area contributed by atoms with Crippen molar-refractivity contribution in [3.8, 4) is 0 Å². The van der Waals surface area contributed by atoms with Gasteiger partial charge in [-0.15, -0.1) is 0 Å². The summed E-state index contributed by atoms with van der Waals surface area (Å²) in [6.07, 6.45) is 1.30. The van der Waals surface area contributed by atoms with Crippen molar-refractivity contribution in [3.63, 3.8) is 0 Å². The first-order chi connectivity index (χ1) is 15.6. The van der Waals surface area contributed by atoms with Crippen LogP contribution in [0.3, 0.4) is 0 Å². The Morgan fingerprint density at radius 1 is 0.688 bits per heavy atom. The maximum Gasteiger partial charge on any atom is 0.345 e. The molecule has 0 N–H and O–H groups in total. The minimum absolute atomic E-state index is 0.0373. The molecule has 0 aliphatic rings. The Balaban J connectivity index is 1.71. The molecule has 160 valence electrons. The molecule has 4 rings (SSSR count). The standard InChI is InChI=1S/C26H22N2O4/c29-24-23(25(30)32-19-22-14-8-3-9-15-22)18-27(16-20-10-4-1-5-11-20)26(31)28(24)17-21-12-6-2-7-13-21/h1-15,18H,16-17,19H2. The highest BCUT2D eigenvalue weighted by atomic mass is 16.5. The second kappa shape index (κ2) is 9.75. The average molecular weight is 426 g/mol. The van der Waals surface area contributed by atoms with Crippen molar-refractivity contribution >= 4 is 5.97 Å². The zero-order valence-electron chi connectivity index (χ0n) is 17.4. The number of ether oxygens (including phenoxy) is 1. The summed E-state index contributed by atoms with van der Waals surface area (Å²) in [6.45, 7) is 0.330. The fourth-order valence-corrected chi connectivity index (χ4v) is 3.39. The summed E-state index contributed by atoms with van der Waals surface area (Å²) in [5, 5.41) is 0. The molecular weight excluding hydrogens is 404 g/mol. The smallest absolute Gasteiger partial charge is 0.345 e. The molecule has 6 nitrogen and oxygen atoms in total. The Morgan fingerprint density at radius 2 is 1.19 bits per heavy atom. The van der Waals surface area contributed by atoms with Crippen molar-refractivity contribution in [2.45, 2.75) is 19.7 Å². The second-order valence-electron chi connectivity index (χ2n) is 7.38. The number of hydrogen-bond donors (Lipinski definition) is 0. The molecule has 0 aliphatic carbocycles.